The first-order valence-corrected chi connectivity index (χ1v) is 11.8. The third-order valence-electron chi connectivity index (χ3n) is 5.55. The number of benzene rings is 2. The standard InChI is InChI=1S/C24H27N5O2S/c1-4-17(3)25-21(30)13-14-28-22(31)19-7-5-6-8-20(19)29-23(28)26-27-24(29)32-15-18-11-9-16(2)10-12-18/h5-12,17H,4,13-15H2,1-3H3,(H,25,30). The molecule has 0 radical (unpaired) electrons. The highest BCUT2D eigenvalue weighted by atomic mass is 32.2. The van der Waals surface area contributed by atoms with Gasteiger partial charge in [-0.1, -0.05) is 60.6 Å². The van der Waals surface area contributed by atoms with Gasteiger partial charge in [-0.25, -0.2) is 0 Å². The number of hydrogen-bond donors (Lipinski definition) is 1. The number of aryl methyl sites for hydroxylation is 2. The minimum Gasteiger partial charge on any atom is -0.354 e. The molecule has 0 aliphatic carbocycles. The Bertz CT molecular complexity index is 1310. The van der Waals surface area contributed by atoms with Gasteiger partial charge in [0.2, 0.25) is 11.7 Å². The maximum Gasteiger partial charge on any atom is 0.262 e. The Hall–Kier alpha value is -3.13. The molecule has 1 amide bonds. The zero-order chi connectivity index (χ0) is 22.7. The number of aromatic nitrogens is 4. The molecule has 0 aliphatic rings. The summed E-state index contributed by atoms with van der Waals surface area (Å²) in [6.07, 6.45) is 1.06. The van der Waals surface area contributed by atoms with E-state index in [0.717, 1.165) is 22.8 Å². The third kappa shape index (κ3) is 4.55. The maximum atomic E-state index is 13.2. The van der Waals surface area contributed by atoms with Crippen molar-refractivity contribution in [2.75, 3.05) is 0 Å². The predicted octanol–water partition coefficient (Wildman–Crippen LogP) is 3.95. The number of carbonyl (C=O) groups is 1. The van der Waals surface area contributed by atoms with E-state index in [4.69, 9.17) is 0 Å². The molecule has 2 aromatic carbocycles. The average Bonchev–Trinajstić information content (AvgIpc) is 3.22. The molecule has 4 aromatic rings. The fourth-order valence-corrected chi connectivity index (χ4v) is 4.42. The van der Waals surface area contributed by atoms with E-state index < -0.39 is 0 Å². The van der Waals surface area contributed by atoms with Gasteiger partial charge < -0.3 is 5.32 Å². The van der Waals surface area contributed by atoms with Crippen molar-refractivity contribution in [2.45, 2.75) is 57.1 Å². The van der Waals surface area contributed by atoms with Gasteiger partial charge in [0.05, 0.1) is 10.9 Å². The molecule has 2 aromatic heterocycles. The van der Waals surface area contributed by atoms with Crippen LogP contribution in [0.25, 0.3) is 16.7 Å². The molecular weight excluding hydrogens is 422 g/mol. The van der Waals surface area contributed by atoms with Crippen molar-refractivity contribution in [3.63, 3.8) is 0 Å². The van der Waals surface area contributed by atoms with Gasteiger partial charge in [0, 0.05) is 24.8 Å². The minimum absolute atomic E-state index is 0.0777. The summed E-state index contributed by atoms with van der Waals surface area (Å²) in [5, 5.41) is 13.0. The number of nitrogens with one attached hydrogen (secondary N) is 1. The lowest BCUT2D eigenvalue weighted by molar-refractivity contribution is -0.121. The number of para-hydroxylation sites is 1. The van der Waals surface area contributed by atoms with Gasteiger partial charge in [-0.2, -0.15) is 0 Å². The summed E-state index contributed by atoms with van der Waals surface area (Å²) < 4.78 is 3.48. The molecule has 32 heavy (non-hydrogen) atoms. The van der Waals surface area contributed by atoms with Crippen LogP contribution in [0.3, 0.4) is 0 Å². The van der Waals surface area contributed by atoms with Crippen molar-refractivity contribution in [3.05, 3.63) is 70.0 Å². The molecule has 166 valence electrons. The number of nitrogens with zero attached hydrogens (tertiary/aromatic N) is 4. The van der Waals surface area contributed by atoms with Crippen molar-refractivity contribution < 1.29 is 4.79 Å². The van der Waals surface area contributed by atoms with Crippen LogP contribution in [-0.2, 0) is 17.1 Å². The van der Waals surface area contributed by atoms with Crippen LogP contribution in [0.15, 0.2) is 58.5 Å². The first kappa shape index (κ1) is 22.1. The Balaban J connectivity index is 1.69. The maximum absolute atomic E-state index is 13.2. The normalized spacial score (nSPS) is 12.3. The SMILES string of the molecule is CCC(C)NC(=O)CCn1c(=O)c2ccccc2n2c(SCc3ccc(C)cc3)nnc12. The molecule has 1 N–H and O–H groups in total. The zero-order valence-corrected chi connectivity index (χ0v) is 19.4. The quantitative estimate of drug-likeness (QED) is 0.412. The summed E-state index contributed by atoms with van der Waals surface area (Å²) in [6.45, 7) is 6.30. The molecule has 7 nitrogen and oxygen atoms in total. The Labute approximate surface area is 190 Å². The van der Waals surface area contributed by atoms with E-state index in [1.165, 1.54) is 11.1 Å². The summed E-state index contributed by atoms with van der Waals surface area (Å²) in [5.41, 5.74) is 3.02. The van der Waals surface area contributed by atoms with Crippen LogP contribution in [0.5, 0.6) is 0 Å². The molecule has 0 spiro atoms. The van der Waals surface area contributed by atoms with Gasteiger partial charge in [0.25, 0.3) is 5.56 Å². The monoisotopic (exact) mass is 449 g/mol. The van der Waals surface area contributed by atoms with Crippen LogP contribution in [0.4, 0.5) is 0 Å². The van der Waals surface area contributed by atoms with Gasteiger partial charge in [-0.3, -0.25) is 18.6 Å². The molecule has 0 bridgehead atoms. The molecule has 8 heteroatoms. The third-order valence-corrected chi connectivity index (χ3v) is 6.55. The summed E-state index contributed by atoms with van der Waals surface area (Å²) in [5.74, 6) is 1.12. The van der Waals surface area contributed by atoms with Crippen LogP contribution in [0.1, 0.15) is 37.8 Å². The lowest BCUT2D eigenvalue weighted by atomic mass is 10.2. The predicted molar refractivity (Wildman–Crippen MR) is 128 cm³/mol. The minimum atomic E-state index is -0.160. The molecular formula is C24H27N5O2S. The van der Waals surface area contributed by atoms with E-state index in [9.17, 15) is 9.59 Å². The van der Waals surface area contributed by atoms with Crippen LogP contribution >= 0.6 is 11.8 Å². The fraction of sp³-hybridized carbons (Fsp3) is 0.333. The number of thioether (sulfide) groups is 1. The highest BCUT2D eigenvalue weighted by Gasteiger charge is 2.17. The van der Waals surface area contributed by atoms with Gasteiger partial charge in [0.1, 0.15) is 0 Å². The van der Waals surface area contributed by atoms with E-state index in [-0.39, 0.29) is 30.5 Å². The van der Waals surface area contributed by atoms with E-state index in [0.29, 0.717) is 11.2 Å². The molecule has 0 fully saturated rings. The molecule has 0 aliphatic heterocycles. The summed E-state index contributed by atoms with van der Waals surface area (Å²) in [6, 6.07) is 16.0. The van der Waals surface area contributed by atoms with Crippen molar-refractivity contribution in [1.82, 2.24) is 24.5 Å². The van der Waals surface area contributed by atoms with E-state index in [2.05, 4.69) is 46.7 Å². The van der Waals surface area contributed by atoms with Gasteiger partial charge in [-0.15, -0.1) is 10.2 Å². The number of carbonyl (C=O) groups excluding carboxylic acids is 1. The highest BCUT2D eigenvalue weighted by Crippen LogP contribution is 2.25. The Morgan fingerprint density at radius 2 is 1.88 bits per heavy atom. The van der Waals surface area contributed by atoms with Crippen molar-refractivity contribution in [1.29, 1.82) is 0 Å². The van der Waals surface area contributed by atoms with Crippen LogP contribution in [0, 0.1) is 6.92 Å². The fourth-order valence-electron chi connectivity index (χ4n) is 3.52. The second-order valence-electron chi connectivity index (χ2n) is 7.99. The lowest BCUT2D eigenvalue weighted by Gasteiger charge is -2.13. The highest BCUT2D eigenvalue weighted by molar-refractivity contribution is 7.98. The molecule has 0 saturated carbocycles. The summed E-state index contributed by atoms with van der Waals surface area (Å²) in [7, 11) is 0. The Morgan fingerprint density at radius 3 is 2.62 bits per heavy atom. The molecule has 4 rings (SSSR count). The summed E-state index contributed by atoms with van der Waals surface area (Å²) in [4.78, 5) is 25.5. The first-order valence-electron chi connectivity index (χ1n) is 10.8. The molecule has 0 saturated heterocycles. The van der Waals surface area contributed by atoms with Crippen LogP contribution < -0.4 is 10.9 Å². The van der Waals surface area contributed by atoms with Crippen LogP contribution in [-0.4, -0.2) is 31.1 Å². The topological polar surface area (TPSA) is 81.3 Å². The molecule has 1 atom stereocenters. The Morgan fingerprint density at radius 1 is 1.12 bits per heavy atom. The summed E-state index contributed by atoms with van der Waals surface area (Å²) >= 11 is 1.58. The molecule has 2 heterocycles. The van der Waals surface area contributed by atoms with Gasteiger partial charge >= 0.3 is 0 Å². The van der Waals surface area contributed by atoms with Crippen molar-refractivity contribution >= 4 is 34.3 Å². The number of fused-ring (bicyclic) bond motifs is 3. The van der Waals surface area contributed by atoms with Gasteiger partial charge in [0.15, 0.2) is 5.16 Å². The second kappa shape index (κ2) is 9.56. The van der Waals surface area contributed by atoms with E-state index in [1.807, 2.05) is 36.4 Å². The average molecular weight is 450 g/mol. The van der Waals surface area contributed by atoms with Crippen molar-refractivity contribution in [2.24, 2.45) is 0 Å². The molecule has 1 unspecified atom stereocenters. The number of rotatable bonds is 8. The first-order chi connectivity index (χ1) is 15.5. The van der Waals surface area contributed by atoms with E-state index >= 15 is 0 Å². The smallest absolute Gasteiger partial charge is 0.262 e. The number of amides is 1. The van der Waals surface area contributed by atoms with Gasteiger partial charge in [-0.05, 0) is 38.0 Å². The number of hydrogen-bond acceptors (Lipinski definition) is 5. The largest absolute Gasteiger partial charge is 0.354 e. The zero-order valence-electron chi connectivity index (χ0n) is 18.5. The van der Waals surface area contributed by atoms with E-state index in [1.54, 1.807) is 22.4 Å². The van der Waals surface area contributed by atoms with Crippen LogP contribution in [0.2, 0.25) is 0 Å². The second-order valence-corrected chi connectivity index (χ2v) is 8.94. The lowest BCUT2D eigenvalue weighted by Crippen LogP contribution is -2.33. The Kier molecular flexibility index (Phi) is 6.60. The van der Waals surface area contributed by atoms with Crippen molar-refractivity contribution in [3.8, 4) is 0 Å².